The van der Waals surface area contributed by atoms with Crippen molar-refractivity contribution in [3.05, 3.63) is 120 Å². The lowest BCUT2D eigenvalue weighted by Gasteiger charge is -2.31. The zero-order valence-electron chi connectivity index (χ0n) is 15.9. The van der Waals surface area contributed by atoms with E-state index in [4.69, 9.17) is 4.74 Å². The van der Waals surface area contributed by atoms with Crippen molar-refractivity contribution in [3.8, 4) is 0 Å². The van der Waals surface area contributed by atoms with Crippen LogP contribution in [0, 0.1) is 0 Å². The molecule has 0 heterocycles. The van der Waals surface area contributed by atoms with Crippen LogP contribution in [0.1, 0.15) is 29.2 Å². The largest absolute Gasteiger partial charge is 0.445 e. The molecule has 0 saturated carbocycles. The van der Waals surface area contributed by atoms with E-state index < -0.39 is 0 Å². The summed E-state index contributed by atoms with van der Waals surface area (Å²) >= 11 is 0. The monoisotopic (exact) mass is 371 g/mol. The lowest BCUT2D eigenvalue weighted by Crippen LogP contribution is -2.34. The van der Waals surface area contributed by atoms with Crippen LogP contribution in [0.5, 0.6) is 0 Å². The van der Waals surface area contributed by atoms with E-state index in [9.17, 15) is 4.79 Å². The fraction of sp³-hybridized carbons (Fsp3) is 0.160. The van der Waals surface area contributed by atoms with Gasteiger partial charge in [0.15, 0.2) is 0 Å². The third-order valence-electron chi connectivity index (χ3n) is 4.59. The third kappa shape index (κ3) is 5.34. The van der Waals surface area contributed by atoms with Crippen molar-refractivity contribution in [2.45, 2.75) is 25.6 Å². The van der Waals surface area contributed by atoms with Crippen LogP contribution in [0.2, 0.25) is 0 Å². The average molecular weight is 371 g/mol. The number of hydrogen-bond acceptors (Lipinski definition) is 2. The van der Waals surface area contributed by atoms with Gasteiger partial charge >= 0.3 is 6.09 Å². The van der Waals surface area contributed by atoms with Crippen molar-refractivity contribution in [3.63, 3.8) is 0 Å². The topological polar surface area (TPSA) is 29.5 Å². The van der Waals surface area contributed by atoms with Gasteiger partial charge in [-0.25, -0.2) is 4.79 Å². The fourth-order valence-electron chi connectivity index (χ4n) is 3.16. The SMILES string of the molecule is C=CCC(c1ccccc1)N(Cc1ccccc1)C(=O)OCc1ccccc1. The number of ether oxygens (including phenoxy) is 1. The molecular formula is C25H25NO2. The first kappa shape index (κ1) is 19.4. The molecule has 3 nitrogen and oxygen atoms in total. The number of rotatable bonds is 8. The van der Waals surface area contributed by atoms with Gasteiger partial charge in [-0.15, -0.1) is 6.58 Å². The predicted octanol–water partition coefficient (Wildman–Crippen LogP) is 6.14. The van der Waals surface area contributed by atoms with Crippen LogP contribution in [0.4, 0.5) is 4.79 Å². The third-order valence-corrected chi connectivity index (χ3v) is 4.59. The summed E-state index contributed by atoms with van der Waals surface area (Å²) in [4.78, 5) is 14.9. The fourth-order valence-corrected chi connectivity index (χ4v) is 3.16. The van der Waals surface area contributed by atoms with Crippen LogP contribution in [0.25, 0.3) is 0 Å². The van der Waals surface area contributed by atoms with E-state index >= 15 is 0 Å². The Balaban J connectivity index is 1.84. The second-order valence-electron chi connectivity index (χ2n) is 6.60. The van der Waals surface area contributed by atoms with Crippen molar-refractivity contribution in [2.75, 3.05) is 0 Å². The molecule has 0 saturated heterocycles. The first-order chi connectivity index (χ1) is 13.8. The molecule has 142 valence electrons. The standard InChI is InChI=1S/C25H25NO2/c1-2-12-24(23-17-10-5-11-18-23)26(19-21-13-6-3-7-14-21)25(27)28-20-22-15-8-4-9-16-22/h2-11,13-18,24H,1,12,19-20H2. The van der Waals surface area contributed by atoms with E-state index in [-0.39, 0.29) is 18.7 Å². The minimum absolute atomic E-state index is 0.137. The quantitative estimate of drug-likeness (QED) is 0.445. The number of nitrogens with zero attached hydrogens (tertiary/aromatic N) is 1. The average Bonchev–Trinajstić information content (AvgIpc) is 2.76. The van der Waals surface area contributed by atoms with Gasteiger partial charge in [-0.3, -0.25) is 4.90 Å². The zero-order valence-corrected chi connectivity index (χ0v) is 15.9. The van der Waals surface area contributed by atoms with Gasteiger partial charge < -0.3 is 4.74 Å². The Morgan fingerprint density at radius 3 is 1.96 bits per heavy atom. The molecule has 3 rings (SSSR count). The highest BCUT2D eigenvalue weighted by atomic mass is 16.6. The van der Waals surface area contributed by atoms with Crippen LogP contribution in [0.15, 0.2) is 104 Å². The van der Waals surface area contributed by atoms with Gasteiger partial charge in [0.1, 0.15) is 6.61 Å². The van der Waals surface area contributed by atoms with E-state index in [0.29, 0.717) is 13.0 Å². The first-order valence-electron chi connectivity index (χ1n) is 9.45. The Morgan fingerprint density at radius 2 is 1.39 bits per heavy atom. The van der Waals surface area contributed by atoms with E-state index in [1.165, 1.54) is 0 Å². The molecule has 28 heavy (non-hydrogen) atoms. The Bertz CT molecular complexity index is 863. The van der Waals surface area contributed by atoms with Crippen LogP contribution < -0.4 is 0 Å². The van der Waals surface area contributed by atoms with Crippen molar-refractivity contribution in [2.24, 2.45) is 0 Å². The first-order valence-corrected chi connectivity index (χ1v) is 9.45. The van der Waals surface area contributed by atoms with Gasteiger partial charge in [-0.1, -0.05) is 97.1 Å². The predicted molar refractivity (Wildman–Crippen MR) is 113 cm³/mol. The zero-order chi connectivity index (χ0) is 19.6. The summed E-state index contributed by atoms with van der Waals surface area (Å²) in [6, 6.07) is 29.6. The molecule has 0 aliphatic rings. The summed E-state index contributed by atoms with van der Waals surface area (Å²) in [5.74, 6) is 0. The normalized spacial score (nSPS) is 11.4. The number of hydrogen-bond donors (Lipinski definition) is 0. The summed E-state index contributed by atoms with van der Waals surface area (Å²) in [7, 11) is 0. The molecule has 0 aromatic heterocycles. The van der Waals surface area contributed by atoms with Gasteiger partial charge in [0.25, 0.3) is 0 Å². The molecule has 0 radical (unpaired) electrons. The Kier molecular flexibility index (Phi) is 7.02. The molecule has 1 atom stereocenters. The highest BCUT2D eigenvalue weighted by Gasteiger charge is 2.26. The molecule has 0 N–H and O–H groups in total. The van der Waals surface area contributed by atoms with Gasteiger partial charge in [0, 0.05) is 6.54 Å². The molecule has 0 aliphatic heterocycles. The van der Waals surface area contributed by atoms with Crippen LogP contribution in [0.3, 0.4) is 0 Å². The molecule has 1 amide bonds. The molecule has 0 fully saturated rings. The molecule has 1 unspecified atom stereocenters. The number of amides is 1. The van der Waals surface area contributed by atoms with Crippen molar-refractivity contribution in [1.82, 2.24) is 4.90 Å². The maximum absolute atomic E-state index is 13.1. The van der Waals surface area contributed by atoms with Gasteiger partial charge in [-0.2, -0.15) is 0 Å². The number of benzene rings is 3. The summed E-state index contributed by atoms with van der Waals surface area (Å²) in [5, 5.41) is 0. The van der Waals surface area contributed by atoms with Crippen molar-refractivity contribution >= 4 is 6.09 Å². The molecule has 3 aromatic carbocycles. The highest BCUT2D eigenvalue weighted by molar-refractivity contribution is 5.68. The van der Waals surface area contributed by atoms with Crippen LogP contribution in [-0.2, 0) is 17.9 Å². The van der Waals surface area contributed by atoms with Gasteiger partial charge in [0.05, 0.1) is 6.04 Å². The Labute approximate surface area is 166 Å². The maximum atomic E-state index is 13.1. The van der Waals surface area contributed by atoms with Crippen molar-refractivity contribution < 1.29 is 9.53 Å². The van der Waals surface area contributed by atoms with E-state index in [0.717, 1.165) is 16.7 Å². The summed E-state index contributed by atoms with van der Waals surface area (Å²) in [5.41, 5.74) is 3.09. The van der Waals surface area contributed by atoms with Crippen LogP contribution in [-0.4, -0.2) is 11.0 Å². The second-order valence-corrected chi connectivity index (χ2v) is 6.60. The van der Waals surface area contributed by atoms with E-state index in [1.807, 2.05) is 97.1 Å². The summed E-state index contributed by atoms with van der Waals surface area (Å²) in [6.45, 7) is 4.61. The lowest BCUT2D eigenvalue weighted by atomic mass is 10.0. The lowest BCUT2D eigenvalue weighted by molar-refractivity contribution is 0.0769. The van der Waals surface area contributed by atoms with E-state index in [2.05, 4.69) is 6.58 Å². The summed E-state index contributed by atoms with van der Waals surface area (Å²) < 4.78 is 5.66. The smallest absolute Gasteiger partial charge is 0.410 e. The van der Waals surface area contributed by atoms with Crippen LogP contribution >= 0.6 is 0 Å². The molecule has 0 spiro atoms. The van der Waals surface area contributed by atoms with Gasteiger partial charge in [-0.05, 0) is 23.1 Å². The minimum Gasteiger partial charge on any atom is -0.445 e. The Hall–Kier alpha value is -3.33. The molecule has 0 bridgehead atoms. The summed E-state index contributed by atoms with van der Waals surface area (Å²) in [6.07, 6.45) is 2.17. The highest BCUT2D eigenvalue weighted by Crippen LogP contribution is 2.27. The Morgan fingerprint density at radius 1 is 0.857 bits per heavy atom. The second kappa shape index (κ2) is 10.1. The molecular weight excluding hydrogens is 346 g/mol. The molecule has 3 aromatic rings. The minimum atomic E-state index is -0.330. The number of carbonyl (C=O) groups excluding carboxylic acids is 1. The van der Waals surface area contributed by atoms with Crippen molar-refractivity contribution in [1.29, 1.82) is 0 Å². The van der Waals surface area contributed by atoms with E-state index in [1.54, 1.807) is 4.90 Å². The number of carbonyl (C=O) groups is 1. The van der Waals surface area contributed by atoms with Gasteiger partial charge in [0.2, 0.25) is 0 Å². The molecule has 0 aliphatic carbocycles. The molecule has 3 heteroatoms. The maximum Gasteiger partial charge on any atom is 0.410 e.